The molecule has 0 spiro atoms. The second-order valence-electron chi connectivity index (χ2n) is 3.59. The van der Waals surface area contributed by atoms with Gasteiger partial charge in [0.05, 0.1) is 6.54 Å². The second-order valence-corrected chi connectivity index (χ2v) is 3.59. The average Bonchev–Trinajstić information content (AvgIpc) is 2.27. The fourth-order valence-corrected chi connectivity index (χ4v) is 1.51. The SMILES string of the molecule is NCCN(CCc1ccncc1)CC(F)F. The van der Waals surface area contributed by atoms with E-state index in [0.29, 0.717) is 19.6 Å². The third kappa shape index (κ3) is 5.14. The van der Waals surface area contributed by atoms with Gasteiger partial charge in [-0.15, -0.1) is 0 Å². The molecule has 2 N–H and O–H groups in total. The van der Waals surface area contributed by atoms with Crippen molar-refractivity contribution in [1.29, 1.82) is 0 Å². The van der Waals surface area contributed by atoms with Crippen LogP contribution in [0, 0.1) is 0 Å². The maximum Gasteiger partial charge on any atom is 0.251 e. The van der Waals surface area contributed by atoms with Gasteiger partial charge in [0.1, 0.15) is 0 Å². The largest absolute Gasteiger partial charge is 0.329 e. The molecule has 0 aliphatic rings. The number of pyridine rings is 1. The van der Waals surface area contributed by atoms with Crippen molar-refractivity contribution in [3.05, 3.63) is 30.1 Å². The minimum absolute atomic E-state index is 0.206. The van der Waals surface area contributed by atoms with Crippen molar-refractivity contribution in [1.82, 2.24) is 9.88 Å². The van der Waals surface area contributed by atoms with Crippen molar-refractivity contribution in [2.24, 2.45) is 5.73 Å². The molecule has 90 valence electrons. The first-order chi connectivity index (χ1) is 7.72. The van der Waals surface area contributed by atoms with Crippen LogP contribution in [0.15, 0.2) is 24.5 Å². The highest BCUT2D eigenvalue weighted by Gasteiger charge is 2.10. The predicted octanol–water partition coefficient (Wildman–Crippen LogP) is 1.15. The van der Waals surface area contributed by atoms with E-state index in [1.165, 1.54) is 0 Å². The smallest absolute Gasteiger partial charge is 0.251 e. The predicted molar refractivity (Wildman–Crippen MR) is 59.4 cm³/mol. The van der Waals surface area contributed by atoms with E-state index in [2.05, 4.69) is 4.98 Å². The molecule has 1 aromatic rings. The topological polar surface area (TPSA) is 42.1 Å². The second kappa shape index (κ2) is 7.24. The Hall–Kier alpha value is -1.07. The first-order valence-corrected chi connectivity index (χ1v) is 5.32. The van der Waals surface area contributed by atoms with E-state index in [1.54, 1.807) is 17.3 Å². The summed E-state index contributed by atoms with van der Waals surface area (Å²) < 4.78 is 24.5. The van der Waals surface area contributed by atoms with E-state index in [1.807, 2.05) is 12.1 Å². The maximum absolute atomic E-state index is 12.2. The Kier molecular flexibility index (Phi) is 5.88. The standard InChI is InChI=1S/C11H17F2N3/c12-11(13)9-16(8-4-14)7-3-10-1-5-15-6-2-10/h1-2,5-6,11H,3-4,7-9,14H2. The molecule has 16 heavy (non-hydrogen) atoms. The van der Waals surface area contributed by atoms with Gasteiger partial charge >= 0.3 is 0 Å². The summed E-state index contributed by atoms with van der Waals surface area (Å²) in [5, 5.41) is 0. The summed E-state index contributed by atoms with van der Waals surface area (Å²) in [6, 6.07) is 3.78. The number of halogens is 2. The van der Waals surface area contributed by atoms with Crippen LogP contribution in [0.3, 0.4) is 0 Å². The molecule has 0 atom stereocenters. The highest BCUT2D eigenvalue weighted by Crippen LogP contribution is 2.02. The highest BCUT2D eigenvalue weighted by atomic mass is 19.3. The Labute approximate surface area is 94.3 Å². The Morgan fingerprint density at radius 3 is 2.50 bits per heavy atom. The normalized spacial score (nSPS) is 11.3. The van der Waals surface area contributed by atoms with E-state index in [9.17, 15) is 8.78 Å². The van der Waals surface area contributed by atoms with E-state index in [-0.39, 0.29) is 6.54 Å². The zero-order chi connectivity index (χ0) is 11.8. The lowest BCUT2D eigenvalue weighted by atomic mass is 10.2. The molecule has 0 amide bonds. The van der Waals surface area contributed by atoms with Crippen LogP contribution in [-0.4, -0.2) is 42.5 Å². The maximum atomic E-state index is 12.2. The van der Waals surface area contributed by atoms with Crippen molar-refractivity contribution >= 4 is 0 Å². The van der Waals surface area contributed by atoms with Crippen LogP contribution in [0.5, 0.6) is 0 Å². The Balaban J connectivity index is 2.37. The lowest BCUT2D eigenvalue weighted by Gasteiger charge is -2.20. The molecule has 3 nitrogen and oxygen atoms in total. The van der Waals surface area contributed by atoms with Gasteiger partial charge in [-0.1, -0.05) is 0 Å². The van der Waals surface area contributed by atoms with Gasteiger partial charge in [0.15, 0.2) is 0 Å². The lowest BCUT2D eigenvalue weighted by molar-refractivity contribution is 0.0902. The summed E-state index contributed by atoms with van der Waals surface area (Å²) in [6.07, 6.45) is 1.85. The van der Waals surface area contributed by atoms with E-state index in [4.69, 9.17) is 5.73 Å². The van der Waals surface area contributed by atoms with Gasteiger partial charge in [-0.2, -0.15) is 0 Å². The van der Waals surface area contributed by atoms with Gasteiger partial charge in [0, 0.05) is 32.0 Å². The van der Waals surface area contributed by atoms with Crippen LogP contribution >= 0.6 is 0 Å². The zero-order valence-electron chi connectivity index (χ0n) is 9.15. The number of nitrogens with two attached hydrogens (primary N) is 1. The van der Waals surface area contributed by atoms with Crippen molar-refractivity contribution in [2.45, 2.75) is 12.8 Å². The molecule has 0 saturated heterocycles. The van der Waals surface area contributed by atoms with Gasteiger partial charge < -0.3 is 5.73 Å². The Morgan fingerprint density at radius 2 is 1.94 bits per heavy atom. The third-order valence-corrected chi connectivity index (χ3v) is 2.31. The van der Waals surface area contributed by atoms with E-state index < -0.39 is 6.43 Å². The molecule has 1 heterocycles. The summed E-state index contributed by atoms with van der Waals surface area (Å²) in [5.41, 5.74) is 6.48. The summed E-state index contributed by atoms with van der Waals surface area (Å²) in [5.74, 6) is 0. The first-order valence-electron chi connectivity index (χ1n) is 5.32. The highest BCUT2D eigenvalue weighted by molar-refractivity contribution is 5.09. The summed E-state index contributed by atoms with van der Waals surface area (Å²) in [4.78, 5) is 5.59. The van der Waals surface area contributed by atoms with Crippen LogP contribution in [0.25, 0.3) is 0 Å². The number of aromatic nitrogens is 1. The number of nitrogens with zero attached hydrogens (tertiary/aromatic N) is 2. The number of alkyl halides is 2. The quantitative estimate of drug-likeness (QED) is 0.762. The molecule has 0 fully saturated rings. The van der Waals surface area contributed by atoms with Gasteiger partial charge in [-0.25, -0.2) is 8.78 Å². The van der Waals surface area contributed by atoms with Gasteiger partial charge in [-0.3, -0.25) is 9.88 Å². The fourth-order valence-electron chi connectivity index (χ4n) is 1.51. The van der Waals surface area contributed by atoms with Crippen molar-refractivity contribution in [2.75, 3.05) is 26.2 Å². The van der Waals surface area contributed by atoms with Crippen LogP contribution in [0.4, 0.5) is 8.78 Å². The number of rotatable bonds is 7. The minimum Gasteiger partial charge on any atom is -0.329 e. The molecule has 1 aromatic heterocycles. The molecule has 1 rings (SSSR count). The van der Waals surface area contributed by atoms with Crippen molar-refractivity contribution < 1.29 is 8.78 Å². The van der Waals surface area contributed by atoms with Crippen LogP contribution < -0.4 is 5.73 Å². The monoisotopic (exact) mass is 229 g/mol. The van der Waals surface area contributed by atoms with Gasteiger partial charge in [0.25, 0.3) is 6.43 Å². The first kappa shape index (κ1) is 13.0. The Bertz CT molecular complexity index is 280. The fraction of sp³-hybridized carbons (Fsp3) is 0.545. The molecular weight excluding hydrogens is 212 g/mol. The lowest BCUT2D eigenvalue weighted by Crippen LogP contribution is -2.35. The number of hydrogen-bond acceptors (Lipinski definition) is 3. The molecule has 0 aliphatic carbocycles. The van der Waals surface area contributed by atoms with Gasteiger partial charge in [-0.05, 0) is 24.1 Å². The molecule has 0 saturated carbocycles. The van der Waals surface area contributed by atoms with E-state index in [0.717, 1.165) is 12.0 Å². The number of hydrogen-bond donors (Lipinski definition) is 1. The van der Waals surface area contributed by atoms with E-state index >= 15 is 0 Å². The van der Waals surface area contributed by atoms with Crippen molar-refractivity contribution in [3.8, 4) is 0 Å². The summed E-state index contributed by atoms with van der Waals surface area (Å²) in [7, 11) is 0. The van der Waals surface area contributed by atoms with Crippen LogP contribution in [0.2, 0.25) is 0 Å². The molecule has 0 aromatic carbocycles. The van der Waals surface area contributed by atoms with Crippen LogP contribution in [-0.2, 0) is 6.42 Å². The molecule has 0 radical (unpaired) electrons. The molecule has 0 aliphatic heterocycles. The Morgan fingerprint density at radius 1 is 1.25 bits per heavy atom. The summed E-state index contributed by atoms with van der Waals surface area (Å²) in [6.45, 7) is 1.31. The third-order valence-electron chi connectivity index (χ3n) is 2.31. The van der Waals surface area contributed by atoms with Crippen LogP contribution in [0.1, 0.15) is 5.56 Å². The molecule has 0 unspecified atom stereocenters. The average molecular weight is 229 g/mol. The van der Waals surface area contributed by atoms with Crippen molar-refractivity contribution in [3.63, 3.8) is 0 Å². The molecular formula is C11H17F2N3. The molecule has 0 bridgehead atoms. The minimum atomic E-state index is -2.30. The molecule has 5 heteroatoms. The van der Waals surface area contributed by atoms with Gasteiger partial charge in [0.2, 0.25) is 0 Å². The zero-order valence-corrected chi connectivity index (χ0v) is 9.15. The summed E-state index contributed by atoms with van der Waals surface area (Å²) >= 11 is 0.